The fourth-order valence-electron chi connectivity index (χ4n) is 4.56. The molecule has 1 saturated heterocycles. The summed E-state index contributed by atoms with van der Waals surface area (Å²) in [5.41, 5.74) is 4.17. The van der Waals surface area contributed by atoms with E-state index in [9.17, 15) is 19.5 Å². The van der Waals surface area contributed by atoms with Crippen LogP contribution >= 0.6 is 0 Å². The largest absolute Gasteiger partial charge is 0.481 e. The molecule has 29 heavy (non-hydrogen) atoms. The number of fused-ring (bicyclic) bond motifs is 1. The van der Waals surface area contributed by atoms with Gasteiger partial charge in [-0.15, -0.1) is 0 Å². The van der Waals surface area contributed by atoms with Crippen LogP contribution in [0, 0.1) is 5.92 Å². The van der Waals surface area contributed by atoms with Gasteiger partial charge in [0.15, 0.2) is 5.78 Å². The van der Waals surface area contributed by atoms with Crippen LogP contribution < -0.4 is 0 Å². The minimum atomic E-state index is -0.886. The quantitative estimate of drug-likeness (QED) is 0.765. The molecule has 2 atom stereocenters. The lowest BCUT2D eigenvalue weighted by Crippen LogP contribution is -2.30. The molecule has 0 spiro atoms. The average Bonchev–Trinajstić information content (AvgIpc) is 3.39. The predicted octanol–water partition coefficient (Wildman–Crippen LogP) is 3.47. The summed E-state index contributed by atoms with van der Waals surface area (Å²) >= 11 is 0. The Balaban J connectivity index is 1.38. The van der Waals surface area contributed by atoms with Crippen molar-refractivity contribution in [2.24, 2.45) is 5.92 Å². The molecule has 1 aliphatic carbocycles. The lowest BCUT2D eigenvalue weighted by atomic mass is 9.89. The van der Waals surface area contributed by atoms with Gasteiger partial charge in [0.25, 0.3) is 0 Å². The van der Waals surface area contributed by atoms with Crippen molar-refractivity contribution in [2.45, 2.75) is 38.0 Å². The maximum atomic E-state index is 12.7. The molecule has 1 heterocycles. The first kappa shape index (κ1) is 19.4. The highest BCUT2D eigenvalue weighted by atomic mass is 16.4. The molecule has 0 aromatic heterocycles. The van der Waals surface area contributed by atoms with Crippen molar-refractivity contribution >= 4 is 17.7 Å². The van der Waals surface area contributed by atoms with Crippen molar-refractivity contribution in [1.82, 2.24) is 4.90 Å². The second-order valence-corrected chi connectivity index (χ2v) is 8.02. The number of aryl methyl sites for hydroxylation is 2. The van der Waals surface area contributed by atoms with Crippen LogP contribution in [0.25, 0.3) is 0 Å². The van der Waals surface area contributed by atoms with Gasteiger partial charge < -0.3 is 10.0 Å². The van der Waals surface area contributed by atoms with Crippen LogP contribution in [0.3, 0.4) is 0 Å². The summed E-state index contributed by atoms with van der Waals surface area (Å²) in [6, 6.07) is 15.3. The van der Waals surface area contributed by atoms with Gasteiger partial charge in [0.1, 0.15) is 0 Å². The number of hydrogen-bond acceptors (Lipinski definition) is 3. The molecule has 1 amide bonds. The first-order valence-corrected chi connectivity index (χ1v) is 10.2. The molecule has 2 unspecified atom stereocenters. The summed E-state index contributed by atoms with van der Waals surface area (Å²) in [6.07, 6.45) is 3.49. The fraction of sp³-hybridized carbons (Fsp3) is 0.375. The maximum absolute atomic E-state index is 12.7. The molecule has 5 nitrogen and oxygen atoms in total. The van der Waals surface area contributed by atoms with Crippen molar-refractivity contribution in [1.29, 1.82) is 0 Å². The molecule has 150 valence electrons. The zero-order valence-electron chi connectivity index (χ0n) is 16.3. The number of carboxylic acids is 1. The Morgan fingerprint density at radius 3 is 2.45 bits per heavy atom. The van der Waals surface area contributed by atoms with E-state index < -0.39 is 11.9 Å². The van der Waals surface area contributed by atoms with Gasteiger partial charge in [-0.1, -0.05) is 42.5 Å². The third kappa shape index (κ3) is 4.09. The molecule has 1 N–H and O–H groups in total. The smallest absolute Gasteiger partial charge is 0.308 e. The van der Waals surface area contributed by atoms with E-state index >= 15 is 0 Å². The van der Waals surface area contributed by atoms with E-state index in [4.69, 9.17) is 0 Å². The van der Waals surface area contributed by atoms with Gasteiger partial charge in [0, 0.05) is 37.4 Å². The molecular formula is C24H25NO4. The normalized spacial score (nSPS) is 20.5. The van der Waals surface area contributed by atoms with Gasteiger partial charge >= 0.3 is 5.97 Å². The maximum Gasteiger partial charge on any atom is 0.308 e. The van der Waals surface area contributed by atoms with Crippen LogP contribution in [0.4, 0.5) is 0 Å². The number of Topliss-reactive ketones (excluding diaryl/α,β-unsaturated/α-hetero) is 1. The summed E-state index contributed by atoms with van der Waals surface area (Å²) in [7, 11) is 0. The summed E-state index contributed by atoms with van der Waals surface area (Å²) in [5.74, 6) is -1.90. The molecule has 1 aliphatic heterocycles. The van der Waals surface area contributed by atoms with Gasteiger partial charge in [0.2, 0.25) is 5.91 Å². The molecule has 4 rings (SSSR count). The lowest BCUT2D eigenvalue weighted by molar-refractivity contribution is -0.141. The SMILES string of the molecule is O=C(CCC(=O)N1CC(C(=O)O)C(c2ccccc2)C1)c1ccc2c(c1)CCC2. The van der Waals surface area contributed by atoms with Crippen molar-refractivity contribution in [3.63, 3.8) is 0 Å². The van der Waals surface area contributed by atoms with E-state index in [1.54, 1.807) is 4.90 Å². The predicted molar refractivity (Wildman–Crippen MR) is 109 cm³/mol. The molecule has 0 bridgehead atoms. The summed E-state index contributed by atoms with van der Waals surface area (Å²) < 4.78 is 0. The topological polar surface area (TPSA) is 74.7 Å². The zero-order valence-corrected chi connectivity index (χ0v) is 16.3. The zero-order chi connectivity index (χ0) is 20.4. The summed E-state index contributed by atoms with van der Waals surface area (Å²) in [4.78, 5) is 38.6. The van der Waals surface area contributed by atoms with Gasteiger partial charge in [0.05, 0.1) is 5.92 Å². The Bertz CT molecular complexity index is 937. The Kier molecular flexibility index (Phi) is 5.47. The Hall–Kier alpha value is -2.95. The van der Waals surface area contributed by atoms with Crippen molar-refractivity contribution in [3.8, 4) is 0 Å². The highest BCUT2D eigenvalue weighted by Gasteiger charge is 2.40. The Morgan fingerprint density at radius 2 is 1.69 bits per heavy atom. The van der Waals surface area contributed by atoms with Crippen LogP contribution in [0.15, 0.2) is 48.5 Å². The van der Waals surface area contributed by atoms with E-state index in [0.29, 0.717) is 12.1 Å². The van der Waals surface area contributed by atoms with Crippen LogP contribution in [0.2, 0.25) is 0 Å². The van der Waals surface area contributed by atoms with E-state index in [0.717, 1.165) is 24.8 Å². The third-order valence-corrected chi connectivity index (χ3v) is 6.20. The van der Waals surface area contributed by atoms with Crippen LogP contribution in [0.1, 0.15) is 52.2 Å². The van der Waals surface area contributed by atoms with Crippen molar-refractivity contribution in [2.75, 3.05) is 13.1 Å². The first-order chi connectivity index (χ1) is 14.0. The van der Waals surface area contributed by atoms with Gasteiger partial charge in [-0.25, -0.2) is 0 Å². The molecule has 2 aromatic carbocycles. The van der Waals surface area contributed by atoms with Crippen molar-refractivity contribution < 1.29 is 19.5 Å². The summed E-state index contributed by atoms with van der Waals surface area (Å²) in [5, 5.41) is 9.60. The minimum absolute atomic E-state index is 0.0263. The highest BCUT2D eigenvalue weighted by Crippen LogP contribution is 2.33. The standard InChI is InChI=1S/C24H25NO4/c26-22(19-10-9-16-7-4-8-18(16)13-19)11-12-23(27)25-14-20(21(15-25)24(28)29)17-5-2-1-3-6-17/h1-3,5-6,9-10,13,20-21H,4,7-8,11-12,14-15H2,(H,28,29). The second-order valence-electron chi connectivity index (χ2n) is 8.02. The molecule has 0 radical (unpaired) electrons. The number of ketones is 1. The average molecular weight is 391 g/mol. The summed E-state index contributed by atoms with van der Waals surface area (Å²) in [6.45, 7) is 0.577. The molecule has 5 heteroatoms. The third-order valence-electron chi connectivity index (χ3n) is 6.20. The van der Waals surface area contributed by atoms with Crippen LogP contribution in [-0.4, -0.2) is 40.8 Å². The van der Waals surface area contributed by atoms with Gasteiger partial charge in [-0.2, -0.15) is 0 Å². The van der Waals surface area contributed by atoms with Crippen LogP contribution in [0.5, 0.6) is 0 Å². The number of amides is 1. The number of carbonyl (C=O) groups is 3. The Labute approximate surface area is 170 Å². The monoisotopic (exact) mass is 391 g/mol. The number of hydrogen-bond donors (Lipinski definition) is 1. The molecule has 0 saturated carbocycles. The highest BCUT2D eigenvalue weighted by molar-refractivity contribution is 5.98. The number of benzene rings is 2. The first-order valence-electron chi connectivity index (χ1n) is 10.2. The fourth-order valence-corrected chi connectivity index (χ4v) is 4.56. The molecular weight excluding hydrogens is 366 g/mol. The lowest BCUT2D eigenvalue weighted by Gasteiger charge is -2.16. The minimum Gasteiger partial charge on any atom is -0.481 e. The molecule has 1 fully saturated rings. The molecule has 2 aromatic rings. The number of nitrogens with zero attached hydrogens (tertiary/aromatic N) is 1. The number of carbonyl (C=O) groups excluding carboxylic acids is 2. The van der Waals surface area contributed by atoms with E-state index in [2.05, 4.69) is 0 Å². The van der Waals surface area contributed by atoms with E-state index in [1.807, 2.05) is 48.5 Å². The second kappa shape index (κ2) is 8.19. The Morgan fingerprint density at radius 1 is 0.931 bits per heavy atom. The van der Waals surface area contributed by atoms with Gasteiger partial charge in [-0.05, 0) is 42.0 Å². The van der Waals surface area contributed by atoms with E-state index in [1.165, 1.54) is 11.1 Å². The number of rotatable bonds is 6. The van der Waals surface area contributed by atoms with E-state index in [-0.39, 0.29) is 37.0 Å². The number of carboxylic acid groups (broad SMARTS) is 1. The number of aliphatic carboxylic acids is 1. The van der Waals surface area contributed by atoms with Gasteiger partial charge in [-0.3, -0.25) is 14.4 Å². The van der Waals surface area contributed by atoms with Crippen LogP contribution in [-0.2, 0) is 22.4 Å². The number of likely N-dealkylation sites (tertiary alicyclic amines) is 1. The van der Waals surface area contributed by atoms with Crippen molar-refractivity contribution in [3.05, 3.63) is 70.8 Å². The molecule has 2 aliphatic rings.